The number of halogens is 1. The Balaban J connectivity index is 2.52. The van der Waals surface area contributed by atoms with E-state index in [-0.39, 0.29) is 11.3 Å². The standard InChI is InChI=1S/C14H12FNO/c1-9-12(4-3-7-16-9)11-5-6-13(10(2)17)14(15)8-11/h3-8H,1-2H3. The fourth-order valence-electron chi connectivity index (χ4n) is 1.76. The summed E-state index contributed by atoms with van der Waals surface area (Å²) in [7, 11) is 0. The van der Waals surface area contributed by atoms with Gasteiger partial charge in [0.25, 0.3) is 0 Å². The Bertz CT molecular complexity index is 578. The number of aryl methyl sites for hydroxylation is 1. The van der Waals surface area contributed by atoms with Crippen LogP contribution in [0.4, 0.5) is 4.39 Å². The number of carbonyl (C=O) groups excluding carboxylic acids is 1. The van der Waals surface area contributed by atoms with Crippen LogP contribution in [-0.4, -0.2) is 10.8 Å². The molecule has 0 spiro atoms. The first-order chi connectivity index (χ1) is 8.09. The summed E-state index contributed by atoms with van der Waals surface area (Å²) >= 11 is 0. The number of hydrogen-bond acceptors (Lipinski definition) is 2. The lowest BCUT2D eigenvalue weighted by molar-refractivity contribution is 0.101. The third kappa shape index (κ3) is 2.23. The van der Waals surface area contributed by atoms with Crippen molar-refractivity contribution in [3.05, 3.63) is 53.6 Å². The number of rotatable bonds is 2. The molecule has 1 heterocycles. The summed E-state index contributed by atoms with van der Waals surface area (Å²) in [6.07, 6.45) is 1.69. The third-order valence-electron chi connectivity index (χ3n) is 2.67. The number of pyridine rings is 1. The Labute approximate surface area is 99.1 Å². The quantitative estimate of drug-likeness (QED) is 0.739. The molecular weight excluding hydrogens is 217 g/mol. The van der Waals surface area contributed by atoms with Gasteiger partial charge in [0.2, 0.25) is 0 Å². The second-order valence-electron chi connectivity index (χ2n) is 3.89. The Hall–Kier alpha value is -2.03. The summed E-state index contributed by atoms with van der Waals surface area (Å²) in [6.45, 7) is 3.22. The second-order valence-corrected chi connectivity index (χ2v) is 3.89. The van der Waals surface area contributed by atoms with Crippen LogP contribution in [0.2, 0.25) is 0 Å². The van der Waals surface area contributed by atoms with Gasteiger partial charge in [0.05, 0.1) is 5.56 Å². The molecule has 86 valence electrons. The van der Waals surface area contributed by atoms with Crippen molar-refractivity contribution < 1.29 is 9.18 Å². The van der Waals surface area contributed by atoms with E-state index in [2.05, 4.69) is 4.98 Å². The second kappa shape index (κ2) is 4.45. The number of aromatic nitrogens is 1. The molecule has 2 nitrogen and oxygen atoms in total. The van der Waals surface area contributed by atoms with Crippen LogP contribution in [0.25, 0.3) is 11.1 Å². The minimum atomic E-state index is -0.488. The minimum absolute atomic E-state index is 0.121. The van der Waals surface area contributed by atoms with Crippen molar-refractivity contribution >= 4 is 5.78 Å². The molecule has 2 aromatic rings. The highest BCUT2D eigenvalue weighted by Crippen LogP contribution is 2.23. The zero-order valence-electron chi connectivity index (χ0n) is 9.70. The van der Waals surface area contributed by atoms with E-state index in [4.69, 9.17) is 0 Å². The molecule has 0 amide bonds. The molecule has 0 saturated carbocycles. The van der Waals surface area contributed by atoms with E-state index in [1.807, 2.05) is 13.0 Å². The predicted molar refractivity (Wildman–Crippen MR) is 64.4 cm³/mol. The molecule has 0 saturated heterocycles. The molecule has 2 rings (SSSR count). The molecule has 0 aliphatic carbocycles. The number of Topliss-reactive ketones (excluding diaryl/α,β-unsaturated/α-hetero) is 1. The molecule has 0 radical (unpaired) electrons. The summed E-state index contributed by atoms with van der Waals surface area (Å²) < 4.78 is 13.7. The van der Waals surface area contributed by atoms with Crippen molar-refractivity contribution in [1.82, 2.24) is 4.98 Å². The van der Waals surface area contributed by atoms with Crippen LogP contribution in [-0.2, 0) is 0 Å². The highest BCUT2D eigenvalue weighted by Gasteiger charge is 2.09. The first kappa shape index (κ1) is 11.5. The summed E-state index contributed by atoms with van der Waals surface area (Å²) in [6, 6.07) is 8.31. The van der Waals surface area contributed by atoms with Crippen LogP contribution >= 0.6 is 0 Å². The van der Waals surface area contributed by atoms with Crippen molar-refractivity contribution in [2.45, 2.75) is 13.8 Å². The van der Waals surface area contributed by atoms with Crippen LogP contribution in [0.5, 0.6) is 0 Å². The lowest BCUT2D eigenvalue weighted by atomic mass is 10.0. The summed E-state index contributed by atoms with van der Waals surface area (Å²) in [5.41, 5.74) is 2.57. The molecule has 1 aromatic heterocycles. The van der Waals surface area contributed by atoms with Gasteiger partial charge < -0.3 is 0 Å². The first-order valence-corrected chi connectivity index (χ1v) is 5.32. The number of benzene rings is 1. The monoisotopic (exact) mass is 229 g/mol. The van der Waals surface area contributed by atoms with Crippen LogP contribution in [0.15, 0.2) is 36.5 Å². The molecule has 0 fully saturated rings. The van der Waals surface area contributed by atoms with Gasteiger partial charge in [-0.15, -0.1) is 0 Å². The van der Waals surface area contributed by atoms with Crippen LogP contribution in [0, 0.1) is 12.7 Å². The van der Waals surface area contributed by atoms with Gasteiger partial charge in [0, 0.05) is 17.5 Å². The average Bonchev–Trinajstić information content (AvgIpc) is 2.29. The number of nitrogens with zero attached hydrogens (tertiary/aromatic N) is 1. The average molecular weight is 229 g/mol. The summed E-state index contributed by atoms with van der Waals surface area (Å²) in [5, 5.41) is 0. The maximum atomic E-state index is 13.7. The zero-order chi connectivity index (χ0) is 12.4. The van der Waals surface area contributed by atoms with E-state index >= 15 is 0 Å². The van der Waals surface area contributed by atoms with E-state index in [0.29, 0.717) is 0 Å². The van der Waals surface area contributed by atoms with E-state index in [9.17, 15) is 9.18 Å². The summed E-state index contributed by atoms with van der Waals surface area (Å²) in [5.74, 6) is -0.754. The topological polar surface area (TPSA) is 30.0 Å². The minimum Gasteiger partial charge on any atom is -0.294 e. The lowest BCUT2D eigenvalue weighted by Gasteiger charge is -2.06. The molecule has 0 bridgehead atoms. The Morgan fingerprint density at radius 3 is 2.65 bits per heavy atom. The molecule has 0 N–H and O–H groups in total. The van der Waals surface area contributed by atoms with Gasteiger partial charge in [-0.3, -0.25) is 9.78 Å². The van der Waals surface area contributed by atoms with E-state index in [1.54, 1.807) is 18.3 Å². The van der Waals surface area contributed by atoms with E-state index in [1.165, 1.54) is 19.1 Å². The molecule has 0 unspecified atom stereocenters. The van der Waals surface area contributed by atoms with Gasteiger partial charge >= 0.3 is 0 Å². The van der Waals surface area contributed by atoms with Crippen molar-refractivity contribution in [1.29, 1.82) is 0 Å². The molecule has 0 aliphatic heterocycles. The molecule has 0 aliphatic rings. The number of hydrogen-bond donors (Lipinski definition) is 0. The maximum Gasteiger partial charge on any atom is 0.162 e. The summed E-state index contributed by atoms with van der Waals surface area (Å²) in [4.78, 5) is 15.3. The van der Waals surface area contributed by atoms with Crippen molar-refractivity contribution in [2.24, 2.45) is 0 Å². The first-order valence-electron chi connectivity index (χ1n) is 5.32. The highest BCUT2D eigenvalue weighted by atomic mass is 19.1. The Kier molecular flexibility index (Phi) is 3.00. The van der Waals surface area contributed by atoms with Gasteiger partial charge in [0.1, 0.15) is 5.82 Å². The Morgan fingerprint density at radius 2 is 2.06 bits per heavy atom. The van der Waals surface area contributed by atoms with Gasteiger partial charge in [-0.05, 0) is 37.6 Å². The van der Waals surface area contributed by atoms with Crippen molar-refractivity contribution in [3.8, 4) is 11.1 Å². The van der Waals surface area contributed by atoms with Crippen molar-refractivity contribution in [3.63, 3.8) is 0 Å². The number of ketones is 1. The smallest absolute Gasteiger partial charge is 0.162 e. The fraction of sp³-hybridized carbons (Fsp3) is 0.143. The largest absolute Gasteiger partial charge is 0.294 e. The maximum absolute atomic E-state index is 13.7. The van der Waals surface area contributed by atoms with Crippen LogP contribution in [0.1, 0.15) is 23.0 Å². The Morgan fingerprint density at radius 1 is 1.29 bits per heavy atom. The molecular formula is C14H12FNO. The van der Waals surface area contributed by atoms with Gasteiger partial charge in [0.15, 0.2) is 5.78 Å². The van der Waals surface area contributed by atoms with Gasteiger partial charge in [-0.25, -0.2) is 4.39 Å². The zero-order valence-corrected chi connectivity index (χ0v) is 9.70. The lowest BCUT2D eigenvalue weighted by Crippen LogP contribution is -1.97. The van der Waals surface area contributed by atoms with Gasteiger partial charge in [-0.1, -0.05) is 12.1 Å². The van der Waals surface area contributed by atoms with E-state index < -0.39 is 5.82 Å². The SMILES string of the molecule is CC(=O)c1ccc(-c2cccnc2C)cc1F. The number of carbonyl (C=O) groups is 1. The molecule has 3 heteroatoms. The van der Waals surface area contributed by atoms with Gasteiger partial charge in [-0.2, -0.15) is 0 Å². The predicted octanol–water partition coefficient (Wildman–Crippen LogP) is 3.40. The molecule has 0 atom stereocenters. The van der Waals surface area contributed by atoms with E-state index in [0.717, 1.165) is 16.8 Å². The third-order valence-corrected chi connectivity index (χ3v) is 2.67. The normalized spacial score (nSPS) is 10.3. The highest BCUT2D eigenvalue weighted by molar-refractivity contribution is 5.94. The van der Waals surface area contributed by atoms with Crippen molar-refractivity contribution in [2.75, 3.05) is 0 Å². The van der Waals surface area contributed by atoms with Crippen LogP contribution in [0.3, 0.4) is 0 Å². The van der Waals surface area contributed by atoms with Crippen LogP contribution < -0.4 is 0 Å². The fourth-order valence-corrected chi connectivity index (χ4v) is 1.76. The molecule has 1 aromatic carbocycles. The molecule has 17 heavy (non-hydrogen) atoms.